The van der Waals surface area contributed by atoms with Gasteiger partial charge in [-0.25, -0.2) is 9.18 Å². The van der Waals surface area contributed by atoms with Crippen LogP contribution in [0.15, 0.2) is 29.8 Å². The molecule has 0 aliphatic heterocycles. The fraction of sp³-hybridized carbons (Fsp3) is 0.438. The number of aliphatic hydroxyl groups is 1. The van der Waals surface area contributed by atoms with E-state index in [1.54, 1.807) is 30.8 Å². The van der Waals surface area contributed by atoms with Gasteiger partial charge in [0.1, 0.15) is 5.82 Å². The van der Waals surface area contributed by atoms with Gasteiger partial charge in [0.25, 0.3) is 0 Å². The summed E-state index contributed by atoms with van der Waals surface area (Å²) in [5, 5.41) is 10.0. The molecular weight excluding hydrogens is 327 g/mol. The Labute approximate surface area is 138 Å². The van der Waals surface area contributed by atoms with Crippen LogP contribution in [0, 0.1) is 5.82 Å². The van der Waals surface area contributed by atoms with E-state index < -0.39 is 6.10 Å². The van der Waals surface area contributed by atoms with Crippen LogP contribution in [0.5, 0.6) is 0 Å². The molecule has 3 nitrogen and oxygen atoms in total. The molecule has 0 heterocycles. The van der Waals surface area contributed by atoms with Crippen LogP contribution >= 0.6 is 23.4 Å². The minimum absolute atomic E-state index is 0.0523. The van der Waals surface area contributed by atoms with Crippen molar-refractivity contribution < 1.29 is 19.0 Å². The Morgan fingerprint density at radius 3 is 2.95 bits per heavy atom. The molecule has 1 aromatic rings. The van der Waals surface area contributed by atoms with Crippen LogP contribution < -0.4 is 0 Å². The fourth-order valence-corrected chi connectivity index (χ4v) is 3.89. The molecule has 2 rings (SSSR count). The lowest BCUT2D eigenvalue weighted by molar-refractivity contribution is -0.138. The van der Waals surface area contributed by atoms with Gasteiger partial charge in [0, 0.05) is 21.6 Å². The number of carbonyl (C=O) groups excluding carboxylic acids is 1. The lowest BCUT2D eigenvalue weighted by atomic mass is 9.97. The molecule has 22 heavy (non-hydrogen) atoms. The molecule has 0 amide bonds. The molecule has 0 bridgehead atoms. The van der Waals surface area contributed by atoms with Crippen molar-refractivity contribution >= 4 is 29.3 Å². The van der Waals surface area contributed by atoms with Gasteiger partial charge in [0.15, 0.2) is 0 Å². The SMILES string of the molecule is CCOC(=O)C1=CC(O)CCC1SCc1ccc(F)cc1Cl. The van der Waals surface area contributed by atoms with Crippen LogP contribution in [0.3, 0.4) is 0 Å². The molecule has 0 saturated heterocycles. The number of hydrogen-bond donors (Lipinski definition) is 1. The van der Waals surface area contributed by atoms with Crippen LogP contribution in [0.4, 0.5) is 4.39 Å². The van der Waals surface area contributed by atoms with Crippen LogP contribution in [0.2, 0.25) is 5.02 Å². The first-order valence-corrected chi connectivity index (χ1v) is 8.56. The normalized spacial score (nSPS) is 21.4. The molecule has 1 aliphatic rings. The lowest BCUT2D eigenvalue weighted by Gasteiger charge is -2.25. The molecule has 120 valence electrons. The average Bonchev–Trinajstić information content (AvgIpc) is 2.47. The van der Waals surface area contributed by atoms with Gasteiger partial charge in [0.2, 0.25) is 0 Å². The van der Waals surface area contributed by atoms with Crippen molar-refractivity contribution in [3.63, 3.8) is 0 Å². The standard InChI is InChI=1S/C16H18ClFO3S/c1-2-21-16(20)13-8-12(19)5-6-15(13)22-9-10-3-4-11(18)7-14(10)17/h3-4,7-8,12,15,19H,2,5-6,9H2,1H3. The van der Waals surface area contributed by atoms with E-state index in [1.165, 1.54) is 12.1 Å². The fourth-order valence-electron chi connectivity index (χ4n) is 2.29. The molecule has 0 radical (unpaired) electrons. The summed E-state index contributed by atoms with van der Waals surface area (Å²) in [4.78, 5) is 12.0. The number of hydrogen-bond acceptors (Lipinski definition) is 4. The van der Waals surface area contributed by atoms with E-state index in [9.17, 15) is 14.3 Å². The van der Waals surface area contributed by atoms with Crippen LogP contribution in [0.25, 0.3) is 0 Å². The Kier molecular flexibility index (Phi) is 6.29. The number of benzene rings is 1. The molecule has 1 aromatic carbocycles. The van der Waals surface area contributed by atoms with Crippen molar-refractivity contribution in [1.29, 1.82) is 0 Å². The minimum atomic E-state index is -0.606. The second-order valence-electron chi connectivity index (χ2n) is 5.02. The Hall–Kier alpha value is -1.04. The van der Waals surface area contributed by atoms with Gasteiger partial charge in [-0.1, -0.05) is 17.7 Å². The van der Waals surface area contributed by atoms with Crippen molar-refractivity contribution in [2.24, 2.45) is 0 Å². The molecule has 2 unspecified atom stereocenters. The summed E-state index contributed by atoms with van der Waals surface area (Å²) in [6.07, 6.45) is 2.27. The number of halogens is 2. The molecule has 0 spiro atoms. The summed E-state index contributed by atoms with van der Waals surface area (Å²) >= 11 is 7.57. The molecule has 0 saturated carbocycles. The van der Waals surface area contributed by atoms with Gasteiger partial charge < -0.3 is 9.84 Å². The second kappa shape index (κ2) is 7.99. The Balaban J connectivity index is 2.06. The molecule has 2 atom stereocenters. The number of aliphatic hydroxyl groups excluding tert-OH is 1. The number of esters is 1. The monoisotopic (exact) mass is 344 g/mol. The van der Waals surface area contributed by atoms with Gasteiger partial charge in [-0.15, -0.1) is 11.8 Å². The average molecular weight is 345 g/mol. The smallest absolute Gasteiger partial charge is 0.334 e. The highest BCUT2D eigenvalue weighted by Gasteiger charge is 2.28. The largest absolute Gasteiger partial charge is 0.463 e. The van der Waals surface area contributed by atoms with Crippen molar-refractivity contribution in [3.05, 3.63) is 46.3 Å². The van der Waals surface area contributed by atoms with Crippen LogP contribution in [-0.4, -0.2) is 29.0 Å². The minimum Gasteiger partial charge on any atom is -0.463 e. The van der Waals surface area contributed by atoms with Crippen molar-refractivity contribution in [2.75, 3.05) is 6.61 Å². The zero-order valence-electron chi connectivity index (χ0n) is 12.2. The van der Waals surface area contributed by atoms with E-state index in [0.29, 0.717) is 35.8 Å². The number of carbonyl (C=O) groups is 1. The van der Waals surface area contributed by atoms with Crippen molar-refractivity contribution in [3.8, 4) is 0 Å². The molecule has 1 N–H and O–H groups in total. The van der Waals surface area contributed by atoms with Gasteiger partial charge >= 0.3 is 5.97 Å². The van der Waals surface area contributed by atoms with Crippen molar-refractivity contribution in [1.82, 2.24) is 0 Å². The van der Waals surface area contributed by atoms with Gasteiger partial charge in [0.05, 0.1) is 12.7 Å². The summed E-state index contributed by atoms with van der Waals surface area (Å²) in [5.74, 6) is -0.188. The Morgan fingerprint density at radius 1 is 1.50 bits per heavy atom. The van der Waals surface area contributed by atoms with E-state index in [1.807, 2.05) is 0 Å². The maximum absolute atomic E-state index is 13.0. The van der Waals surface area contributed by atoms with E-state index in [0.717, 1.165) is 5.56 Å². The third-order valence-corrected chi connectivity index (χ3v) is 5.13. The zero-order chi connectivity index (χ0) is 16.1. The van der Waals surface area contributed by atoms with Crippen molar-refractivity contribution in [2.45, 2.75) is 36.9 Å². The maximum Gasteiger partial charge on any atom is 0.334 e. The molecular formula is C16H18ClFO3S. The Morgan fingerprint density at radius 2 is 2.27 bits per heavy atom. The number of thioether (sulfide) groups is 1. The third-order valence-electron chi connectivity index (χ3n) is 3.41. The van der Waals surface area contributed by atoms with Crippen LogP contribution in [-0.2, 0) is 15.3 Å². The lowest BCUT2D eigenvalue weighted by Crippen LogP contribution is -2.25. The maximum atomic E-state index is 13.0. The molecule has 1 aliphatic carbocycles. The number of ether oxygens (including phenoxy) is 1. The molecule has 0 fully saturated rings. The second-order valence-corrected chi connectivity index (χ2v) is 6.62. The summed E-state index contributed by atoms with van der Waals surface area (Å²) < 4.78 is 18.1. The molecule has 0 aromatic heterocycles. The van der Waals surface area contributed by atoms with E-state index in [2.05, 4.69) is 0 Å². The van der Waals surface area contributed by atoms with E-state index in [-0.39, 0.29) is 17.0 Å². The summed E-state index contributed by atoms with van der Waals surface area (Å²) in [5.41, 5.74) is 1.33. The highest BCUT2D eigenvalue weighted by molar-refractivity contribution is 7.99. The summed E-state index contributed by atoms with van der Waals surface area (Å²) in [7, 11) is 0. The predicted molar refractivity (Wildman–Crippen MR) is 86.4 cm³/mol. The van der Waals surface area contributed by atoms with Gasteiger partial charge in [-0.3, -0.25) is 0 Å². The van der Waals surface area contributed by atoms with Gasteiger partial charge in [-0.05, 0) is 43.5 Å². The third kappa shape index (κ3) is 4.48. The predicted octanol–water partition coefficient (Wildman–Crippen LogP) is 3.73. The van der Waals surface area contributed by atoms with E-state index >= 15 is 0 Å². The highest BCUT2D eigenvalue weighted by Crippen LogP contribution is 2.34. The summed E-state index contributed by atoms with van der Waals surface area (Å²) in [6, 6.07) is 4.30. The number of rotatable bonds is 5. The zero-order valence-corrected chi connectivity index (χ0v) is 13.8. The van der Waals surface area contributed by atoms with Crippen LogP contribution in [0.1, 0.15) is 25.3 Å². The van der Waals surface area contributed by atoms with Gasteiger partial charge in [-0.2, -0.15) is 0 Å². The first-order chi connectivity index (χ1) is 10.5. The van der Waals surface area contributed by atoms with E-state index in [4.69, 9.17) is 16.3 Å². The quantitative estimate of drug-likeness (QED) is 0.827. The topological polar surface area (TPSA) is 46.5 Å². The first kappa shape index (κ1) is 17.3. The highest BCUT2D eigenvalue weighted by atomic mass is 35.5. The first-order valence-electron chi connectivity index (χ1n) is 7.13. The Bertz CT molecular complexity index is 577. The summed E-state index contributed by atoms with van der Waals surface area (Å²) in [6.45, 7) is 2.05. The molecule has 6 heteroatoms.